The summed E-state index contributed by atoms with van der Waals surface area (Å²) in [6.45, 7) is 6.11. The molecule has 1 aliphatic rings. The molecule has 1 fully saturated rings. The molecule has 1 heterocycles. The summed E-state index contributed by atoms with van der Waals surface area (Å²) < 4.78 is 38.7. The lowest BCUT2D eigenvalue weighted by Crippen LogP contribution is -2.48. The minimum atomic E-state index is -4.43. The molecule has 1 unspecified atom stereocenters. The number of rotatable bonds is 3. The molecule has 1 aliphatic heterocycles. The summed E-state index contributed by atoms with van der Waals surface area (Å²) in [5.41, 5.74) is -1.41. The molecule has 1 aromatic carbocycles. The van der Waals surface area contributed by atoms with E-state index in [9.17, 15) is 23.1 Å². The molecule has 0 aromatic heterocycles. The Labute approximate surface area is 140 Å². The van der Waals surface area contributed by atoms with Crippen molar-refractivity contribution in [1.29, 1.82) is 0 Å². The third-order valence-corrected chi connectivity index (χ3v) is 4.96. The van der Waals surface area contributed by atoms with Gasteiger partial charge in [-0.05, 0) is 51.2 Å². The van der Waals surface area contributed by atoms with Gasteiger partial charge in [0.15, 0.2) is 0 Å². The number of amides is 1. The van der Waals surface area contributed by atoms with Crippen LogP contribution in [0.4, 0.5) is 13.2 Å². The van der Waals surface area contributed by atoms with Crippen LogP contribution >= 0.6 is 0 Å². The van der Waals surface area contributed by atoms with Gasteiger partial charge < -0.3 is 10.0 Å². The molecule has 0 radical (unpaired) electrons. The van der Waals surface area contributed by atoms with E-state index in [-0.39, 0.29) is 11.8 Å². The fourth-order valence-electron chi connectivity index (χ4n) is 3.19. The minimum Gasteiger partial charge on any atom is -0.393 e. The summed E-state index contributed by atoms with van der Waals surface area (Å²) in [5.74, 6) is -0.00316. The van der Waals surface area contributed by atoms with Crippen molar-refractivity contribution in [1.82, 2.24) is 4.90 Å². The van der Waals surface area contributed by atoms with Gasteiger partial charge in [-0.15, -0.1) is 0 Å². The topological polar surface area (TPSA) is 40.5 Å². The Hall–Kier alpha value is -1.56. The van der Waals surface area contributed by atoms with Crippen molar-refractivity contribution in [2.75, 3.05) is 13.1 Å². The molecule has 0 bridgehead atoms. The second-order valence-corrected chi connectivity index (χ2v) is 7.07. The second kappa shape index (κ2) is 6.75. The number of nitrogens with zero attached hydrogens (tertiary/aromatic N) is 1. The van der Waals surface area contributed by atoms with Crippen molar-refractivity contribution in [2.45, 2.75) is 51.3 Å². The zero-order valence-electron chi connectivity index (χ0n) is 14.2. The van der Waals surface area contributed by atoms with E-state index in [1.165, 1.54) is 6.07 Å². The maximum atomic E-state index is 12.9. The Balaban J connectivity index is 2.17. The van der Waals surface area contributed by atoms with Gasteiger partial charge in [-0.2, -0.15) is 13.2 Å². The van der Waals surface area contributed by atoms with Gasteiger partial charge in [0.2, 0.25) is 5.91 Å². The number of hydrogen-bond donors (Lipinski definition) is 1. The molecule has 3 nitrogen and oxygen atoms in total. The number of alkyl halides is 3. The van der Waals surface area contributed by atoms with Gasteiger partial charge in [-0.3, -0.25) is 4.79 Å². The fourth-order valence-corrected chi connectivity index (χ4v) is 3.19. The molecule has 134 valence electrons. The van der Waals surface area contributed by atoms with E-state index >= 15 is 0 Å². The fraction of sp³-hybridized carbons (Fsp3) is 0.611. The number of carbonyl (C=O) groups is 1. The lowest BCUT2D eigenvalue weighted by molar-refractivity contribution is -0.140. The molecule has 1 amide bonds. The van der Waals surface area contributed by atoms with Crippen LogP contribution in [0.5, 0.6) is 0 Å². The Bertz CT molecular complexity index is 588. The van der Waals surface area contributed by atoms with Crippen LogP contribution in [-0.2, 0) is 16.4 Å². The first-order chi connectivity index (χ1) is 11.0. The molecular formula is C18H24F3NO2. The average molecular weight is 343 g/mol. The average Bonchev–Trinajstić information content (AvgIpc) is 2.53. The predicted octanol–water partition coefficient (Wildman–Crippen LogP) is 3.60. The highest BCUT2D eigenvalue weighted by molar-refractivity contribution is 5.87. The van der Waals surface area contributed by atoms with Gasteiger partial charge in [-0.25, -0.2) is 0 Å². The quantitative estimate of drug-likeness (QED) is 0.911. The molecule has 1 N–H and O–H groups in total. The predicted molar refractivity (Wildman–Crippen MR) is 85.5 cm³/mol. The van der Waals surface area contributed by atoms with E-state index in [4.69, 9.17) is 0 Å². The van der Waals surface area contributed by atoms with Gasteiger partial charge >= 0.3 is 6.18 Å². The second-order valence-electron chi connectivity index (χ2n) is 7.07. The monoisotopic (exact) mass is 343 g/mol. The van der Waals surface area contributed by atoms with Crippen LogP contribution in [0.2, 0.25) is 0 Å². The highest BCUT2D eigenvalue weighted by Gasteiger charge is 2.38. The third-order valence-electron chi connectivity index (χ3n) is 4.96. The van der Waals surface area contributed by atoms with Crippen molar-refractivity contribution in [2.24, 2.45) is 5.92 Å². The Kier molecular flexibility index (Phi) is 5.28. The lowest BCUT2D eigenvalue weighted by Gasteiger charge is -2.38. The Morgan fingerprint density at radius 3 is 2.25 bits per heavy atom. The molecule has 1 aromatic rings. The standard InChI is InChI=1S/C18H24F3NO2/c1-12(23)13-7-9-22(10-8-13)16(24)17(2,3)14-5-4-6-15(11-14)18(19,20)21/h4-6,11-13,23H,7-10H2,1-3H3. The third kappa shape index (κ3) is 3.91. The van der Waals surface area contributed by atoms with Crippen LogP contribution in [0.1, 0.15) is 44.7 Å². The zero-order valence-corrected chi connectivity index (χ0v) is 14.2. The summed E-state index contributed by atoms with van der Waals surface area (Å²) in [7, 11) is 0. The smallest absolute Gasteiger partial charge is 0.393 e. The van der Waals surface area contributed by atoms with E-state index in [1.807, 2.05) is 0 Å². The number of piperidine rings is 1. The van der Waals surface area contributed by atoms with Crippen molar-refractivity contribution in [3.8, 4) is 0 Å². The first-order valence-corrected chi connectivity index (χ1v) is 8.18. The zero-order chi connectivity index (χ0) is 18.1. The van der Waals surface area contributed by atoms with E-state index < -0.39 is 23.3 Å². The summed E-state index contributed by atoms with van der Waals surface area (Å²) in [6.07, 6.45) is -3.41. The maximum Gasteiger partial charge on any atom is 0.416 e. The largest absolute Gasteiger partial charge is 0.416 e. The normalized spacial score (nSPS) is 18.5. The van der Waals surface area contributed by atoms with Crippen LogP contribution in [0.3, 0.4) is 0 Å². The number of halogens is 3. The Morgan fingerprint density at radius 2 is 1.75 bits per heavy atom. The Morgan fingerprint density at radius 1 is 1.21 bits per heavy atom. The van der Waals surface area contributed by atoms with E-state index in [1.54, 1.807) is 31.7 Å². The number of benzene rings is 1. The lowest BCUT2D eigenvalue weighted by atomic mass is 9.81. The molecule has 2 rings (SSSR count). The van der Waals surface area contributed by atoms with Crippen molar-refractivity contribution >= 4 is 5.91 Å². The van der Waals surface area contributed by atoms with E-state index in [0.717, 1.165) is 12.1 Å². The van der Waals surface area contributed by atoms with Crippen molar-refractivity contribution < 1.29 is 23.1 Å². The van der Waals surface area contributed by atoms with Gasteiger partial charge in [0.25, 0.3) is 0 Å². The summed E-state index contributed by atoms with van der Waals surface area (Å²) in [6, 6.07) is 4.97. The highest BCUT2D eigenvalue weighted by Crippen LogP contribution is 2.34. The van der Waals surface area contributed by atoms with Gasteiger partial charge in [0.1, 0.15) is 0 Å². The van der Waals surface area contributed by atoms with Crippen LogP contribution in [0, 0.1) is 5.92 Å². The first-order valence-electron chi connectivity index (χ1n) is 8.18. The number of carbonyl (C=O) groups excluding carboxylic acids is 1. The number of hydrogen-bond acceptors (Lipinski definition) is 2. The van der Waals surface area contributed by atoms with Crippen LogP contribution in [0.15, 0.2) is 24.3 Å². The molecule has 0 spiro atoms. The van der Waals surface area contributed by atoms with Gasteiger partial charge in [0, 0.05) is 13.1 Å². The first kappa shape index (κ1) is 18.8. The van der Waals surface area contributed by atoms with E-state index in [0.29, 0.717) is 31.5 Å². The van der Waals surface area contributed by atoms with E-state index in [2.05, 4.69) is 0 Å². The van der Waals surface area contributed by atoms with Gasteiger partial charge in [-0.1, -0.05) is 18.2 Å². The van der Waals surface area contributed by atoms with Crippen LogP contribution in [-0.4, -0.2) is 35.1 Å². The maximum absolute atomic E-state index is 12.9. The van der Waals surface area contributed by atoms with Gasteiger partial charge in [0.05, 0.1) is 17.1 Å². The number of likely N-dealkylation sites (tertiary alicyclic amines) is 1. The summed E-state index contributed by atoms with van der Waals surface area (Å²) in [5, 5.41) is 9.64. The van der Waals surface area contributed by atoms with Crippen LogP contribution in [0.25, 0.3) is 0 Å². The minimum absolute atomic E-state index is 0.172. The molecule has 0 aliphatic carbocycles. The van der Waals surface area contributed by atoms with Crippen LogP contribution < -0.4 is 0 Å². The molecule has 0 saturated carbocycles. The summed E-state index contributed by atoms with van der Waals surface area (Å²) in [4.78, 5) is 14.5. The molecular weight excluding hydrogens is 319 g/mol. The molecule has 1 saturated heterocycles. The highest BCUT2D eigenvalue weighted by atomic mass is 19.4. The summed E-state index contributed by atoms with van der Waals surface area (Å²) >= 11 is 0. The molecule has 1 atom stereocenters. The molecule has 24 heavy (non-hydrogen) atoms. The number of aliphatic hydroxyl groups is 1. The van der Waals surface area contributed by atoms with Crippen molar-refractivity contribution in [3.05, 3.63) is 35.4 Å². The molecule has 6 heteroatoms. The number of aliphatic hydroxyl groups excluding tert-OH is 1. The van der Waals surface area contributed by atoms with Crippen molar-refractivity contribution in [3.63, 3.8) is 0 Å². The SMILES string of the molecule is CC(O)C1CCN(C(=O)C(C)(C)c2cccc(C(F)(F)F)c2)CC1.